The van der Waals surface area contributed by atoms with Gasteiger partial charge in [-0.05, 0) is 66.8 Å². The van der Waals surface area contributed by atoms with E-state index in [1.54, 1.807) is 36.5 Å². The highest BCUT2D eigenvalue weighted by Crippen LogP contribution is 2.23. The molecule has 10 heteroatoms. The average molecular weight is 573 g/mol. The summed E-state index contributed by atoms with van der Waals surface area (Å²) >= 11 is 5.96. The monoisotopic (exact) mass is 572 g/mol. The molecule has 2 aromatic heterocycles. The number of nitrogens with zero attached hydrogens (tertiary/aromatic N) is 3. The number of esters is 1. The number of amides is 1. The summed E-state index contributed by atoms with van der Waals surface area (Å²) < 4.78 is 16.2. The topological polar surface area (TPSA) is 113 Å². The highest BCUT2D eigenvalue weighted by Gasteiger charge is 2.20. The molecule has 1 aliphatic heterocycles. The van der Waals surface area contributed by atoms with Gasteiger partial charge in [0.1, 0.15) is 17.3 Å². The summed E-state index contributed by atoms with van der Waals surface area (Å²) in [5.41, 5.74) is 3.25. The van der Waals surface area contributed by atoms with Crippen molar-refractivity contribution in [2.24, 2.45) is 0 Å². The van der Waals surface area contributed by atoms with Crippen LogP contribution >= 0.6 is 11.6 Å². The van der Waals surface area contributed by atoms with Gasteiger partial charge < -0.3 is 19.5 Å². The number of nitrogens with one attached hydrogen (secondary N) is 1. The molecule has 1 atom stereocenters. The van der Waals surface area contributed by atoms with E-state index in [0.717, 1.165) is 30.6 Å². The maximum Gasteiger partial charge on any atom is 0.356 e. The van der Waals surface area contributed by atoms with Crippen molar-refractivity contribution in [2.45, 2.75) is 38.2 Å². The van der Waals surface area contributed by atoms with Crippen LogP contribution in [0, 0.1) is 0 Å². The van der Waals surface area contributed by atoms with Gasteiger partial charge in [-0.1, -0.05) is 35.9 Å². The lowest BCUT2D eigenvalue weighted by Crippen LogP contribution is -2.27. The molecule has 9 nitrogen and oxygen atoms in total. The molecule has 1 saturated heterocycles. The van der Waals surface area contributed by atoms with Crippen molar-refractivity contribution >= 4 is 29.2 Å². The van der Waals surface area contributed by atoms with Crippen LogP contribution in [-0.2, 0) is 33.5 Å². The number of anilines is 1. The fraction of sp³-hybridized carbons (Fsp3) is 0.258. The summed E-state index contributed by atoms with van der Waals surface area (Å²) in [4.78, 5) is 38.1. The van der Waals surface area contributed by atoms with E-state index in [4.69, 9.17) is 25.8 Å². The maximum absolute atomic E-state index is 12.9. The van der Waals surface area contributed by atoms with Crippen molar-refractivity contribution in [3.63, 3.8) is 0 Å². The second-order valence-electron chi connectivity index (χ2n) is 9.59. The van der Waals surface area contributed by atoms with E-state index in [2.05, 4.69) is 20.3 Å². The van der Waals surface area contributed by atoms with Gasteiger partial charge in [0.25, 0.3) is 0 Å². The second-order valence-corrected chi connectivity index (χ2v) is 10.0. The first kappa shape index (κ1) is 28.2. The van der Waals surface area contributed by atoms with Crippen LogP contribution in [-0.4, -0.2) is 46.6 Å². The maximum atomic E-state index is 12.9. The Hall–Kier alpha value is -4.34. The van der Waals surface area contributed by atoms with E-state index >= 15 is 0 Å². The molecule has 1 aliphatic rings. The van der Waals surface area contributed by atoms with Crippen LogP contribution in [0.25, 0.3) is 0 Å². The van der Waals surface area contributed by atoms with Crippen molar-refractivity contribution in [2.75, 3.05) is 19.0 Å². The molecule has 0 radical (unpaired) electrons. The van der Waals surface area contributed by atoms with E-state index in [-0.39, 0.29) is 24.1 Å². The van der Waals surface area contributed by atoms with Gasteiger partial charge in [-0.3, -0.25) is 4.79 Å². The molecule has 4 aromatic rings. The molecule has 1 amide bonds. The summed E-state index contributed by atoms with van der Waals surface area (Å²) in [5.74, 6) is 0.929. The molecule has 2 aromatic carbocycles. The smallest absolute Gasteiger partial charge is 0.356 e. The predicted octanol–water partition coefficient (Wildman–Crippen LogP) is 5.60. The van der Waals surface area contributed by atoms with Gasteiger partial charge >= 0.3 is 5.97 Å². The number of halogens is 1. The fourth-order valence-corrected chi connectivity index (χ4v) is 4.44. The van der Waals surface area contributed by atoms with Gasteiger partial charge in [0, 0.05) is 30.3 Å². The highest BCUT2D eigenvalue weighted by atomic mass is 35.5. The van der Waals surface area contributed by atoms with Gasteiger partial charge in [0.15, 0.2) is 0 Å². The Kier molecular flexibility index (Phi) is 9.18. The Morgan fingerprint density at radius 1 is 1.00 bits per heavy atom. The van der Waals surface area contributed by atoms with Crippen LogP contribution in [0.2, 0.25) is 5.02 Å². The van der Waals surface area contributed by atoms with Gasteiger partial charge in [-0.2, -0.15) is 4.98 Å². The number of hydrogen-bond acceptors (Lipinski definition) is 8. The molecule has 3 heterocycles. The van der Waals surface area contributed by atoms with Crippen molar-refractivity contribution in [3.8, 4) is 11.6 Å². The zero-order valence-electron chi connectivity index (χ0n) is 22.5. The Labute approximate surface area is 242 Å². The molecule has 0 aliphatic carbocycles. The van der Waals surface area contributed by atoms with Crippen LogP contribution in [0.5, 0.6) is 11.6 Å². The molecule has 0 bridgehead atoms. The lowest BCUT2D eigenvalue weighted by Gasteiger charge is -2.26. The number of benzene rings is 2. The molecule has 1 fully saturated rings. The van der Waals surface area contributed by atoms with E-state index in [0.29, 0.717) is 46.7 Å². The molecule has 5 rings (SSSR count). The summed E-state index contributed by atoms with van der Waals surface area (Å²) in [5, 5.41) is 3.62. The first-order valence-electron chi connectivity index (χ1n) is 13.3. The molecule has 0 spiro atoms. The molecular weight excluding hydrogens is 544 g/mol. The van der Waals surface area contributed by atoms with E-state index in [9.17, 15) is 9.59 Å². The largest absolute Gasteiger partial charge is 0.464 e. The molecule has 1 N–H and O–H groups in total. The Balaban J connectivity index is 1.19. The number of aromatic nitrogens is 3. The van der Waals surface area contributed by atoms with Crippen LogP contribution in [0.3, 0.4) is 0 Å². The third-order valence-electron chi connectivity index (χ3n) is 6.61. The summed E-state index contributed by atoms with van der Waals surface area (Å²) in [6.07, 6.45) is 4.88. The lowest BCUT2D eigenvalue weighted by molar-refractivity contribution is -0.115. The minimum atomic E-state index is -0.522. The predicted molar refractivity (Wildman–Crippen MR) is 153 cm³/mol. The van der Waals surface area contributed by atoms with E-state index in [1.165, 1.54) is 7.11 Å². The normalized spacial score (nSPS) is 14.1. The van der Waals surface area contributed by atoms with Crippen molar-refractivity contribution in [1.82, 2.24) is 15.0 Å². The zero-order chi connectivity index (χ0) is 28.6. The van der Waals surface area contributed by atoms with Crippen LogP contribution in [0.15, 0.2) is 72.9 Å². The molecule has 0 unspecified atom stereocenters. The third-order valence-corrected chi connectivity index (χ3v) is 6.86. The molecule has 0 saturated carbocycles. The van der Waals surface area contributed by atoms with Crippen molar-refractivity contribution in [1.29, 1.82) is 0 Å². The summed E-state index contributed by atoms with van der Waals surface area (Å²) in [7, 11) is 1.31. The number of ether oxygens (including phenoxy) is 3. The van der Waals surface area contributed by atoms with E-state index < -0.39 is 5.97 Å². The standard InChI is InChI=1S/C31H29ClN4O5/c1-39-31(38)27-13-12-26(25(34-27)11-10-23-15-17-40-23)35-29(37)19-21-4-8-24(9-5-21)41-30-14-16-33-28(36-30)18-20-2-6-22(32)7-3-20/h2-9,12-14,16,23H,10-11,15,17-19H2,1H3,(H,35,37)/t23-/m1/s1. The number of aryl methyl sites for hydroxylation is 1. The van der Waals surface area contributed by atoms with Gasteiger partial charge in [0.05, 0.1) is 31.0 Å². The SMILES string of the molecule is COC(=O)c1ccc(NC(=O)Cc2ccc(Oc3ccnc(Cc4ccc(Cl)cc4)n3)cc2)c(CC[C@@H]2CCO2)n1. The minimum Gasteiger partial charge on any atom is -0.464 e. The van der Waals surface area contributed by atoms with Crippen LogP contribution in [0.1, 0.15) is 46.0 Å². The first-order valence-corrected chi connectivity index (χ1v) is 13.7. The average Bonchev–Trinajstić information content (AvgIpc) is 2.95. The first-order chi connectivity index (χ1) is 19.9. The minimum absolute atomic E-state index is 0.156. The second kappa shape index (κ2) is 13.3. The number of carbonyl (C=O) groups excluding carboxylic acids is 2. The number of hydrogen-bond donors (Lipinski definition) is 1. The molecule has 210 valence electrons. The summed E-state index contributed by atoms with van der Waals surface area (Å²) in [6.45, 7) is 0.762. The number of rotatable bonds is 11. The Bertz CT molecular complexity index is 1510. The third kappa shape index (κ3) is 7.87. The van der Waals surface area contributed by atoms with E-state index in [1.807, 2.05) is 36.4 Å². The van der Waals surface area contributed by atoms with Gasteiger partial charge in [0.2, 0.25) is 11.8 Å². The Morgan fingerprint density at radius 2 is 1.76 bits per heavy atom. The van der Waals surface area contributed by atoms with Crippen molar-refractivity contribution in [3.05, 3.63) is 106 Å². The van der Waals surface area contributed by atoms with Gasteiger partial charge in [-0.15, -0.1) is 0 Å². The fourth-order valence-electron chi connectivity index (χ4n) is 4.32. The Morgan fingerprint density at radius 3 is 2.46 bits per heavy atom. The quantitative estimate of drug-likeness (QED) is 0.231. The lowest BCUT2D eigenvalue weighted by atomic mass is 10.0. The van der Waals surface area contributed by atoms with Crippen molar-refractivity contribution < 1.29 is 23.8 Å². The molecular formula is C31H29ClN4O5. The molecule has 41 heavy (non-hydrogen) atoms. The van der Waals surface area contributed by atoms with Gasteiger partial charge in [-0.25, -0.2) is 14.8 Å². The van der Waals surface area contributed by atoms with Crippen LogP contribution in [0.4, 0.5) is 5.69 Å². The zero-order valence-corrected chi connectivity index (χ0v) is 23.3. The number of pyridine rings is 1. The van der Waals surface area contributed by atoms with Crippen LogP contribution < -0.4 is 10.1 Å². The summed E-state index contributed by atoms with van der Waals surface area (Å²) in [6, 6.07) is 19.7. The highest BCUT2D eigenvalue weighted by molar-refractivity contribution is 6.30. The number of carbonyl (C=O) groups is 2. The number of methoxy groups -OCH3 is 1.